The number of fused-ring (bicyclic) bond motifs is 1. The molecule has 0 aromatic carbocycles. The molecule has 16 heavy (non-hydrogen) atoms. The molecule has 0 aliphatic heterocycles. The summed E-state index contributed by atoms with van der Waals surface area (Å²) >= 11 is 0. The fraction of sp³-hybridized carbons (Fsp3) is 0.667. The van der Waals surface area contributed by atoms with Crippen LogP contribution in [0.2, 0.25) is 0 Å². The Kier molecular flexibility index (Phi) is 3.05. The SMILES string of the molecule is CC1=CC(=O)C[C@H](C)[C@H]2CC(=C(C)C)C[C@@H]12. The molecule has 88 valence electrons. The van der Waals surface area contributed by atoms with E-state index in [0.29, 0.717) is 23.5 Å². The highest BCUT2D eigenvalue weighted by molar-refractivity contribution is 5.90. The first-order valence-corrected chi connectivity index (χ1v) is 6.35. The molecule has 3 atom stereocenters. The van der Waals surface area contributed by atoms with Crippen LogP contribution >= 0.6 is 0 Å². The van der Waals surface area contributed by atoms with Crippen LogP contribution in [0.3, 0.4) is 0 Å². The Balaban J connectivity index is 2.32. The van der Waals surface area contributed by atoms with Gasteiger partial charge in [0.25, 0.3) is 0 Å². The number of rotatable bonds is 0. The number of ketones is 1. The molecule has 1 nitrogen and oxygen atoms in total. The van der Waals surface area contributed by atoms with Gasteiger partial charge >= 0.3 is 0 Å². The van der Waals surface area contributed by atoms with Gasteiger partial charge in [0.05, 0.1) is 0 Å². The topological polar surface area (TPSA) is 17.1 Å². The molecule has 0 amide bonds. The predicted molar refractivity (Wildman–Crippen MR) is 67.1 cm³/mol. The van der Waals surface area contributed by atoms with E-state index in [1.807, 2.05) is 6.08 Å². The molecule has 0 unspecified atom stereocenters. The molecule has 0 aromatic rings. The van der Waals surface area contributed by atoms with Crippen molar-refractivity contribution < 1.29 is 4.79 Å². The van der Waals surface area contributed by atoms with Crippen molar-refractivity contribution in [2.45, 2.75) is 47.0 Å². The Hall–Kier alpha value is -0.850. The zero-order valence-corrected chi connectivity index (χ0v) is 10.8. The second kappa shape index (κ2) is 4.20. The minimum atomic E-state index is 0.332. The average Bonchev–Trinajstić information content (AvgIpc) is 2.57. The first-order chi connectivity index (χ1) is 7.49. The van der Waals surface area contributed by atoms with E-state index in [0.717, 1.165) is 6.42 Å². The van der Waals surface area contributed by atoms with Crippen LogP contribution in [0.25, 0.3) is 0 Å². The third kappa shape index (κ3) is 2.00. The Morgan fingerprint density at radius 3 is 2.56 bits per heavy atom. The van der Waals surface area contributed by atoms with Crippen molar-refractivity contribution in [3.05, 3.63) is 22.8 Å². The first-order valence-electron chi connectivity index (χ1n) is 6.35. The van der Waals surface area contributed by atoms with Crippen LogP contribution in [-0.4, -0.2) is 5.78 Å². The quantitative estimate of drug-likeness (QED) is 0.563. The number of carbonyl (C=O) groups excluding carboxylic acids is 1. The molecule has 1 fully saturated rings. The molecular formula is C15H22O. The number of hydrogen-bond donors (Lipinski definition) is 0. The zero-order chi connectivity index (χ0) is 11.9. The maximum atomic E-state index is 11.7. The van der Waals surface area contributed by atoms with Crippen LogP contribution < -0.4 is 0 Å². The minimum Gasteiger partial charge on any atom is -0.295 e. The number of carbonyl (C=O) groups is 1. The van der Waals surface area contributed by atoms with Gasteiger partial charge in [0.2, 0.25) is 0 Å². The second-order valence-electron chi connectivity index (χ2n) is 5.82. The predicted octanol–water partition coefficient (Wildman–Crippen LogP) is 3.90. The Labute approximate surface area is 98.6 Å². The van der Waals surface area contributed by atoms with Crippen LogP contribution in [0, 0.1) is 17.8 Å². The van der Waals surface area contributed by atoms with Gasteiger partial charge in [-0.05, 0) is 57.4 Å². The molecule has 2 rings (SSSR count). The summed E-state index contributed by atoms with van der Waals surface area (Å²) in [6.45, 7) is 8.82. The summed E-state index contributed by atoms with van der Waals surface area (Å²) < 4.78 is 0. The van der Waals surface area contributed by atoms with Crippen molar-refractivity contribution in [3.8, 4) is 0 Å². The standard InChI is InChI=1S/C15H22O/c1-9(2)12-7-14-10(3)5-13(16)6-11(4)15(14)8-12/h5,11,14-15H,6-8H2,1-4H3/t11-,14-,15+/m0/s1. The molecular weight excluding hydrogens is 196 g/mol. The summed E-state index contributed by atoms with van der Waals surface area (Å²) in [6.07, 6.45) is 5.04. The Bertz CT molecular complexity index is 369. The summed E-state index contributed by atoms with van der Waals surface area (Å²) in [5, 5.41) is 0. The van der Waals surface area contributed by atoms with Crippen LogP contribution in [0.15, 0.2) is 22.8 Å². The van der Waals surface area contributed by atoms with E-state index in [2.05, 4.69) is 27.7 Å². The highest BCUT2D eigenvalue weighted by Crippen LogP contribution is 2.47. The molecule has 0 radical (unpaired) electrons. The van der Waals surface area contributed by atoms with E-state index in [1.165, 1.54) is 24.0 Å². The lowest BCUT2D eigenvalue weighted by Gasteiger charge is -2.22. The van der Waals surface area contributed by atoms with Gasteiger partial charge in [-0.15, -0.1) is 0 Å². The van der Waals surface area contributed by atoms with E-state index in [4.69, 9.17) is 0 Å². The van der Waals surface area contributed by atoms with Crippen molar-refractivity contribution in [3.63, 3.8) is 0 Å². The maximum Gasteiger partial charge on any atom is 0.155 e. The van der Waals surface area contributed by atoms with E-state index in [9.17, 15) is 4.79 Å². The molecule has 0 saturated heterocycles. The van der Waals surface area contributed by atoms with Crippen LogP contribution in [0.1, 0.15) is 47.0 Å². The van der Waals surface area contributed by atoms with Gasteiger partial charge in [0.1, 0.15) is 0 Å². The van der Waals surface area contributed by atoms with Crippen LogP contribution in [-0.2, 0) is 4.79 Å². The Morgan fingerprint density at radius 2 is 1.94 bits per heavy atom. The number of hydrogen-bond acceptors (Lipinski definition) is 1. The molecule has 0 aromatic heterocycles. The molecule has 1 saturated carbocycles. The normalized spacial score (nSPS) is 34.5. The summed E-state index contributed by atoms with van der Waals surface area (Å²) in [5.41, 5.74) is 4.43. The van der Waals surface area contributed by atoms with E-state index >= 15 is 0 Å². The van der Waals surface area contributed by atoms with Gasteiger partial charge in [-0.25, -0.2) is 0 Å². The van der Waals surface area contributed by atoms with Gasteiger partial charge in [-0.1, -0.05) is 23.6 Å². The van der Waals surface area contributed by atoms with Gasteiger partial charge in [0.15, 0.2) is 5.78 Å². The molecule has 0 bridgehead atoms. The first kappa shape index (κ1) is 11.6. The van der Waals surface area contributed by atoms with Crippen molar-refractivity contribution in [2.24, 2.45) is 17.8 Å². The fourth-order valence-corrected chi connectivity index (χ4v) is 3.32. The minimum absolute atomic E-state index is 0.332. The van der Waals surface area contributed by atoms with Crippen LogP contribution in [0.5, 0.6) is 0 Å². The monoisotopic (exact) mass is 218 g/mol. The van der Waals surface area contributed by atoms with Crippen molar-refractivity contribution in [2.75, 3.05) is 0 Å². The fourth-order valence-electron chi connectivity index (χ4n) is 3.32. The van der Waals surface area contributed by atoms with Crippen LogP contribution in [0.4, 0.5) is 0 Å². The largest absolute Gasteiger partial charge is 0.295 e. The lowest BCUT2D eigenvalue weighted by atomic mass is 9.82. The lowest BCUT2D eigenvalue weighted by Crippen LogP contribution is -2.16. The molecule has 1 heteroatoms. The molecule has 2 aliphatic carbocycles. The zero-order valence-electron chi connectivity index (χ0n) is 10.8. The number of allylic oxidation sites excluding steroid dienone is 4. The van der Waals surface area contributed by atoms with Gasteiger partial charge in [-0.3, -0.25) is 4.79 Å². The highest BCUT2D eigenvalue weighted by atomic mass is 16.1. The van der Waals surface area contributed by atoms with E-state index in [1.54, 1.807) is 5.57 Å². The summed E-state index contributed by atoms with van der Waals surface area (Å²) in [6, 6.07) is 0. The maximum absolute atomic E-state index is 11.7. The average molecular weight is 218 g/mol. The van der Waals surface area contributed by atoms with Gasteiger partial charge in [0, 0.05) is 6.42 Å². The summed E-state index contributed by atoms with van der Waals surface area (Å²) in [5.74, 6) is 2.21. The van der Waals surface area contributed by atoms with Crippen molar-refractivity contribution >= 4 is 5.78 Å². The highest BCUT2D eigenvalue weighted by Gasteiger charge is 2.37. The molecule has 0 heterocycles. The van der Waals surface area contributed by atoms with Crippen molar-refractivity contribution in [1.29, 1.82) is 0 Å². The third-order valence-corrected chi connectivity index (χ3v) is 4.40. The van der Waals surface area contributed by atoms with E-state index < -0.39 is 0 Å². The smallest absolute Gasteiger partial charge is 0.155 e. The van der Waals surface area contributed by atoms with Gasteiger partial charge < -0.3 is 0 Å². The molecule has 2 aliphatic rings. The van der Waals surface area contributed by atoms with Gasteiger partial charge in [-0.2, -0.15) is 0 Å². The van der Waals surface area contributed by atoms with E-state index in [-0.39, 0.29) is 0 Å². The lowest BCUT2D eigenvalue weighted by molar-refractivity contribution is -0.115. The second-order valence-corrected chi connectivity index (χ2v) is 5.82. The molecule has 0 spiro atoms. The molecule has 0 N–H and O–H groups in total. The summed E-state index contributed by atoms with van der Waals surface area (Å²) in [7, 11) is 0. The summed E-state index contributed by atoms with van der Waals surface area (Å²) in [4.78, 5) is 11.7. The van der Waals surface area contributed by atoms with Crippen molar-refractivity contribution in [1.82, 2.24) is 0 Å². The third-order valence-electron chi connectivity index (χ3n) is 4.40. The Morgan fingerprint density at radius 1 is 1.25 bits per heavy atom.